The van der Waals surface area contributed by atoms with Gasteiger partial charge in [0.05, 0.1) is 6.20 Å². The number of aromatic nitrogens is 2. The number of rotatable bonds is 5. The van der Waals surface area contributed by atoms with E-state index in [0.717, 1.165) is 38.0 Å². The standard InChI is InChI=1S/C13H22N4O/c1-11(12-9-15-16(2)10-12)14-6-5-13(18)17-7-3-4-8-17/h9-11,14H,3-8H2,1-2H3. The highest BCUT2D eigenvalue weighted by atomic mass is 16.2. The summed E-state index contributed by atoms with van der Waals surface area (Å²) in [6, 6.07) is 0.241. The second-order valence-electron chi connectivity index (χ2n) is 4.96. The first-order valence-corrected chi connectivity index (χ1v) is 6.66. The van der Waals surface area contributed by atoms with E-state index in [-0.39, 0.29) is 11.9 Å². The SMILES string of the molecule is CC(NCCC(=O)N1CCCC1)c1cnn(C)c1. The van der Waals surface area contributed by atoms with E-state index in [0.29, 0.717) is 6.42 Å². The lowest BCUT2D eigenvalue weighted by atomic mass is 10.2. The number of aryl methyl sites for hydroxylation is 1. The Morgan fingerprint density at radius 3 is 2.83 bits per heavy atom. The molecule has 0 aliphatic carbocycles. The molecule has 1 aromatic heterocycles. The zero-order valence-corrected chi connectivity index (χ0v) is 11.2. The molecule has 18 heavy (non-hydrogen) atoms. The fourth-order valence-electron chi connectivity index (χ4n) is 2.30. The molecule has 0 spiro atoms. The van der Waals surface area contributed by atoms with Crippen LogP contribution < -0.4 is 5.32 Å². The van der Waals surface area contributed by atoms with Crippen molar-refractivity contribution in [2.75, 3.05) is 19.6 Å². The van der Waals surface area contributed by atoms with Gasteiger partial charge in [0.1, 0.15) is 0 Å². The third-order valence-corrected chi connectivity index (χ3v) is 3.47. The summed E-state index contributed by atoms with van der Waals surface area (Å²) in [5.74, 6) is 0.276. The van der Waals surface area contributed by atoms with Crippen molar-refractivity contribution in [3.63, 3.8) is 0 Å². The molecular weight excluding hydrogens is 228 g/mol. The molecule has 1 aliphatic heterocycles. The Balaban J connectivity index is 1.70. The summed E-state index contributed by atoms with van der Waals surface area (Å²) >= 11 is 0. The van der Waals surface area contributed by atoms with Gasteiger partial charge < -0.3 is 10.2 Å². The second-order valence-corrected chi connectivity index (χ2v) is 4.96. The average molecular weight is 250 g/mol. The van der Waals surface area contributed by atoms with Gasteiger partial charge in [0.15, 0.2) is 0 Å². The normalized spacial score (nSPS) is 17.1. The molecule has 1 saturated heterocycles. The van der Waals surface area contributed by atoms with E-state index in [1.807, 2.05) is 24.3 Å². The van der Waals surface area contributed by atoms with Crippen LogP contribution in [-0.2, 0) is 11.8 Å². The number of nitrogens with one attached hydrogen (secondary N) is 1. The van der Waals surface area contributed by atoms with Crippen molar-refractivity contribution in [2.45, 2.75) is 32.2 Å². The van der Waals surface area contributed by atoms with Crippen molar-refractivity contribution in [1.82, 2.24) is 20.0 Å². The molecule has 100 valence electrons. The molecule has 0 saturated carbocycles. The van der Waals surface area contributed by atoms with Crippen LogP contribution in [0, 0.1) is 0 Å². The van der Waals surface area contributed by atoms with Crippen LogP contribution in [0.2, 0.25) is 0 Å². The third-order valence-electron chi connectivity index (χ3n) is 3.47. The van der Waals surface area contributed by atoms with E-state index >= 15 is 0 Å². The lowest BCUT2D eigenvalue weighted by Gasteiger charge is -2.16. The van der Waals surface area contributed by atoms with Gasteiger partial charge >= 0.3 is 0 Å². The highest BCUT2D eigenvalue weighted by Crippen LogP contribution is 2.11. The van der Waals surface area contributed by atoms with Crippen LogP contribution in [0.15, 0.2) is 12.4 Å². The van der Waals surface area contributed by atoms with Crippen molar-refractivity contribution >= 4 is 5.91 Å². The average Bonchev–Trinajstić information content (AvgIpc) is 2.99. The molecule has 1 aromatic rings. The van der Waals surface area contributed by atoms with E-state index < -0.39 is 0 Å². The van der Waals surface area contributed by atoms with Crippen LogP contribution in [0.25, 0.3) is 0 Å². The number of likely N-dealkylation sites (tertiary alicyclic amines) is 1. The summed E-state index contributed by atoms with van der Waals surface area (Å²) < 4.78 is 1.79. The van der Waals surface area contributed by atoms with E-state index in [2.05, 4.69) is 17.3 Å². The second kappa shape index (κ2) is 6.00. The first-order chi connectivity index (χ1) is 8.66. The molecule has 1 amide bonds. The zero-order valence-electron chi connectivity index (χ0n) is 11.2. The lowest BCUT2D eigenvalue weighted by Crippen LogP contribution is -2.31. The quantitative estimate of drug-likeness (QED) is 0.851. The van der Waals surface area contributed by atoms with Crippen molar-refractivity contribution in [3.05, 3.63) is 18.0 Å². The Morgan fingerprint density at radius 2 is 2.22 bits per heavy atom. The van der Waals surface area contributed by atoms with Crippen molar-refractivity contribution in [1.29, 1.82) is 0 Å². The van der Waals surface area contributed by atoms with Gasteiger partial charge in [0, 0.05) is 50.9 Å². The number of amides is 1. The van der Waals surface area contributed by atoms with E-state index in [1.54, 1.807) is 4.68 Å². The highest BCUT2D eigenvalue weighted by molar-refractivity contribution is 5.76. The minimum atomic E-state index is 0.241. The number of nitrogens with zero attached hydrogens (tertiary/aromatic N) is 3. The van der Waals surface area contributed by atoms with Crippen LogP contribution in [0.4, 0.5) is 0 Å². The molecular formula is C13H22N4O. The first-order valence-electron chi connectivity index (χ1n) is 6.66. The van der Waals surface area contributed by atoms with Gasteiger partial charge in [-0.15, -0.1) is 0 Å². The fourth-order valence-corrected chi connectivity index (χ4v) is 2.30. The Labute approximate surface area is 108 Å². The van der Waals surface area contributed by atoms with Crippen molar-refractivity contribution in [3.8, 4) is 0 Å². The molecule has 5 heteroatoms. The van der Waals surface area contributed by atoms with Gasteiger partial charge in [0.2, 0.25) is 5.91 Å². The van der Waals surface area contributed by atoms with E-state index in [1.165, 1.54) is 0 Å². The van der Waals surface area contributed by atoms with Gasteiger partial charge in [-0.25, -0.2) is 0 Å². The number of hydrogen-bond acceptors (Lipinski definition) is 3. The monoisotopic (exact) mass is 250 g/mol. The fraction of sp³-hybridized carbons (Fsp3) is 0.692. The summed E-state index contributed by atoms with van der Waals surface area (Å²) in [5.41, 5.74) is 1.16. The summed E-state index contributed by atoms with van der Waals surface area (Å²) in [4.78, 5) is 13.8. The predicted octanol–water partition coefficient (Wildman–Crippen LogP) is 1.08. The van der Waals surface area contributed by atoms with Gasteiger partial charge in [-0.3, -0.25) is 9.48 Å². The summed E-state index contributed by atoms with van der Waals surface area (Å²) in [5, 5.41) is 7.51. The molecule has 2 heterocycles. The van der Waals surface area contributed by atoms with Gasteiger partial charge in [-0.2, -0.15) is 5.10 Å². The Morgan fingerprint density at radius 1 is 1.50 bits per heavy atom. The molecule has 1 atom stereocenters. The predicted molar refractivity (Wildman–Crippen MR) is 70.1 cm³/mol. The van der Waals surface area contributed by atoms with Crippen LogP contribution in [0.5, 0.6) is 0 Å². The highest BCUT2D eigenvalue weighted by Gasteiger charge is 2.17. The molecule has 5 nitrogen and oxygen atoms in total. The topological polar surface area (TPSA) is 50.2 Å². The van der Waals surface area contributed by atoms with E-state index in [9.17, 15) is 4.79 Å². The van der Waals surface area contributed by atoms with E-state index in [4.69, 9.17) is 0 Å². The van der Waals surface area contributed by atoms with Crippen LogP contribution in [0.1, 0.15) is 37.8 Å². The minimum absolute atomic E-state index is 0.241. The Kier molecular flexibility index (Phi) is 4.36. The maximum atomic E-state index is 11.8. The van der Waals surface area contributed by atoms with Gasteiger partial charge in [0.25, 0.3) is 0 Å². The maximum Gasteiger partial charge on any atom is 0.223 e. The van der Waals surface area contributed by atoms with Crippen LogP contribution in [-0.4, -0.2) is 40.2 Å². The van der Waals surface area contributed by atoms with Gasteiger partial charge in [-0.1, -0.05) is 0 Å². The smallest absolute Gasteiger partial charge is 0.223 e. The maximum absolute atomic E-state index is 11.8. The minimum Gasteiger partial charge on any atom is -0.343 e. The molecule has 1 aliphatic rings. The molecule has 0 aromatic carbocycles. The van der Waals surface area contributed by atoms with Crippen LogP contribution >= 0.6 is 0 Å². The van der Waals surface area contributed by atoms with Crippen LogP contribution in [0.3, 0.4) is 0 Å². The van der Waals surface area contributed by atoms with Crippen molar-refractivity contribution < 1.29 is 4.79 Å². The Hall–Kier alpha value is -1.36. The molecule has 1 fully saturated rings. The molecule has 0 bridgehead atoms. The molecule has 2 rings (SSSR count). The third kappa shape index (κ3) is 3.32. The molecule has 1 N–H and O–H groups in total. The summed E-state index contributed by atoms with van der Waals surface area (Å²) in [6.45, 7) is 4.71. The number of carbonyl (C=O) groups excluding carboxylic acids is 1. The number of hydrogen-bond donors (Lipinski definition) is 1. The molecule has 1 unspecified atom stereocenters. The summed E-state index contributed by atoms with van der Waals surface area (Å²) in [6.07, 6.45) is 6.76. The summed E-state index contributed by atoms with van der Waals surface area (Å²) in [7, 11) is 1.91. The molecule has 0 radical (unpaired) electrons. The Bertz CT molecular complexity index is 395. The largest absolute Gasteiger partial charge is 0.343 e. The van der Waals surface area contributed by atoms with Crippen molar-refractivity contribution in [2.24, 2.45) is 7.05 Å². The number of carbonyl (C=O) groups is 1. The first kappa shape index (κ1) is 13.1. The lowest BCUT2D eigenvalue weighted by molar-refractivity contribution is -0.130. The zero-order chi connectivity index (χ0) is 13.0. The van der Waals surface area contributed by atoms with Gasteiger partial charge in [-0.05, 0) is 19.8 Å².